The van der Waals surface area contributed by atoms with Crippen LogP contribution in [0.2, 0.25) is 0 Å². The highest BCUT2D eigenvalue weighted by Crippen LogP contribution is 2.31. The Morgan fingerprint density at radius 2 is 2.00 bits per heavy atom. The third kappa shape index (κ3) is 0.942. The Morgan fingerprint density at radius 1 is 1.40 bits per heavy atom. The first kappa shape index (κ1) is 7.33. The second kappa shape index (κ2) is 1.85. The van der Waals surface area contributed by atoms with Crippen molar-refractivity contribution in [1.29, 1.82) is 0 Å². The minimum Gasteiger partial charge on any atom is -0.494 e. The molecule has 0 fully saturated rings. The first-order valence-corrected chi connectivity index (χ1v) is 2.43. The smallest absolute Gasteiger partial charge is 0.481 e. The van der Waals surface area contributed by atoms with Crippen LogP contribution in [0, 0.1) is 0 Å². The SMILES string of the molecule is FC(F)(F)C1(F)C=C[N-][NH2+]1. The fourth-order valence-corrected chi connectivity index (χ4v) is 0.514. The molecular formula is C4H4F4N2. The van der Waals surface area contributed by atoms with Crippen LogP contribution in [0.4, 0.5) is 17.6 Å². The molecule has 0 spiro atoms. The van der Waals surface area contributed by atoms with Gasteiger partial charge in [0.25, 0.3) is 0 Å². The van der Waals surface area contributed by atoms with Crippen LogP contribution in [-0.2, 0) is 0 Å². The van der Waals surface area contributed by atoms with E-state index >= 15 is 0 Å². The summed E-state index contributed by atoms with van der Waals surface area (Å²) in [5.74, 6) is -3.34. The van der Waals surface area contributed by atoms with E-state index in [2.05, 4.69) is 5.43 Å². The van der Waals surface area contributed by atoms with Crippen LogP contribution in [0.5, 0.6) is 0 Å². The highest BCUT2D eigenvalue weighted by atomic mass is 19.4. The Morgan fingerprint density at radius 3 is 2.20 bits per heavy atom. The van der Waals surface area contributed by atoms with Gasteiger partial charge in [-0.3, -0.25) is 0 Å². The van der Waals surface area contributed by atoms with Crippen LogP contribution >= 0.6 is 0 Å². The molecule has 2 N–H and O–H groups in total. The summed E-state index contributed by atoms with van der Waals surface area (Å²) in [5.41, 5.74) is 3.23. The number of hydrogen-bond acceptors (Lipinski definition) is 0. The molecule has 58 valence electrons. The Balaban J connectivity index is 2.78. The summed E-state index contributed by atoms with van der Waals surface area (Å²) in [4.78, 5) is 0. The quantitative estimate of drug-likeness (QED) is 0.302. The van der Waals surface area contributed by atoms with Gasteiger partial charge in [-0.1, -0.05) is 0 Å². The van der Waals surface area contributed by atoms with Crippen LogP contribution in [0.1, 0.15) is 0 Å². The second-order valence-electron chi connectivity index (χ2n) is 1.86. The van der Waals surface area contributed by atoms with E-state index in [-0.39, 0.29) is 5.43 Å². The van der Waals surface area contributed by atoms with E-state index in [1.807, 2.05) is 0 Å². The van der Waals surface area contributed by atoms with E-state index in [1.165, 1.54) is 0 Å². The van der Waals surface area contributed by atoms with Crippen LogP contribution in [0.25, 0.3) is 5.43 Å². The summed E-state index contributed by atoms with van der Waals surface area (Å²) >= 11 is 0. The largest absolute Gasteiger partial charge is 0.494 e. The lowest BCUT2D eigenvalue weighted by Crippen LogP contribution is -2.92. The van der Waals surface area contributed by atoms with Gasteiger partial charge in [-0.15, -0.1) is 6.20 Å². The molecule has 1 unspecified atom stereocenters. The zero-order valence-corrected chi connectivity index (χ0v) is 4.69. The number of rotatable bonds is 0. The molecule has 0 aromatic heterocycles. The number of quaternary nitrogens is 1. The molecule has 1 aliphatic heterocycles. The molecule has 0 amide bonds. The molecule has 0 saturated heterocycles. The highest BCUT2D eigenvalue weighted by Gasteiger charge is 2.57. The third-order valence-electron chi connectivity index (χ3n) is 1.10. The third-order valence-corrected chi connectivity index (χ3v) is 1.10. The zero-order chi connectivity index (χ0) is 7.83. The first-order valence-electron chi connectivity index (χ1n) is 2.43. The molecule has 0 saturated carbocycles. The average Bonchev–Trinajstić information content (AvgIpc) is 2.13. The standard InChI is InChI=1S/C4H4F4N2/c5-3(4(6,7)8)1-2-9-10-3/h1-2H,10H2. The van der Waals surface area contributed by atoms with E-state index in [0.29, 0.717) is 6.08 Å². The molecule has 0 aromatic carbocycles. The Bertz CT molecular complexity index is 163. The van der Waals surface area contributed by atoms with Gasteiger partial charge in [0.05, 0.1) is 0 Å². The van der Waals surface area contributed by atoms with Gasteiger partial charge >= 0.3 is 12.0 Å². The van der Waals surface area contributed by atoms with E-state index in [4.69, 9.17) is 0 Å². The van der Waals surface area contributed by atoms with Crippen molar-refractivity contribution >= 4 is 0 Å². The van der Waals surface area contributed by atoms with E-state index in [1.54, 1.807) is 0 Å². The highest BCUT2D eigenvalue weighted by molar-refractivity contribution is 5.07. The van der Waals surface area contributed by atoms with E-state index < -0.39 is 12.0 Å². The predicted molar refractivity (Wildman–Crippen MR) is 24.3 cm³/mol. The number of alkyl halides is 4. The monoisotopic (exact) mass is 156 g/mol. The zero-order valence-electron chi connectivity index (χ0n) is 4.69. The summed E-state index contributed by atoms with van der Waals surface area (Å²) < 4.78 is 47.3. The summed E-state index contributed by atoms with van der Waals surface area (Å²) in [6, 6.07) is 0. The van der Waals surface area contributed by atoms with E-state index in [0.717, 1.165) is 6.20 Å². The van der Waals surface area contributed by atoms with Crippen molar-refractivity contribution in [3.05, 3.63) is 17.7 Å². The van der Waals surface area contributed by atoms with Crippen LogP contribution < -0.4 is 5.43 Å². The Kier molecular flexibility index (Phi) is 1.36. The molecule has 1 rings (SSSR count). The van der Waals surface area contributed by atoms with Crippen molar-refractivity contribution in [2.45, 2.75) is 12.0 Å². The van der Waals surface area contributed by atoms with Gasteiger partial charge in [-0.25, -0.2) is 0 Å². The molecule has 1 aliphatic rings. The average molecular weight is 156 g/mol. The molecule has 2 nitrogen and oxygen atoms in total. The number of halogens is 4. The number of hydrogen-bond donors (Lipinski definition) is 1. The molecule has 0 radical (unpaired) electrons. The normalized spacial score (nSPS) is 32.4. The van der Waals surface area contributed by atoms with Crippen molar-refractivity contribution in [1.82, 2.24) is 0 Å². The minimum absolute atomic E-state index is 0.229. The molecule has 6 heteroatoms. The lowest BCUT2D eigenvalue weighted by atomic mass is 10.3. The summed E-state index contributed by atoms with van der Waals surface area (Å²) in [7, 11) is 0. The molecule has 0 aliphatic carbocycles. The van der Waals surface area contributed by atoms with Gasteiger partial charge in [0.1, 0.15) is 0 Å². The van der Waals surface area contributed by atoms with Gasteiger partial charge in [0.15, 0.2) is 0 Å². The van der Waals surface area contributed by atoms with Gasteiger partial charge < -0.3 is 10.9 Å². The van der Waals surface area contributed by atoms with Crippen molar-refractivity contribution in [3.63, 3.8) is 0 Å². The minimum atomic E-state index is -4.89. The van der Waals surface area contributed by atoms with Crippen molar-refractivity contribution in [2.75, 3.05) is 0 Å². The fraction of sp³-hybridized carbons (Fsp3) is 0.500. The Hall–Kier alpha value is -0.780. The van der Waals surface area contributed by atoms with Crippen LogP contribution in [0.3, 0.4) is 0 Å². The lowest BCUT2D eigenvalue weighted by Gasteiger charge is -2.21. The summed E-state index contributed by atoms with van der Waals surface area (Å²) in [6.45, 7) is 0. The maximum atomic E-state index is 12.5. The molecule has 0 aromatic rings. The molecule has 1 heterocycles. The van der Waals surface area contributed by atoms with Gasteiger partial charge in [0, 0.05) is 6.08 Å². The Labute approximate surface area is 53.9 Å². The van der Waals surface area contributed by atoms with Crippen molar-refractivity contribution < 1.29 is 23.0 Å². The van der Waals surface area contributed by atoms with E-state index in [9.17, 15) is 17.6 Å². The first-order chi connectivity index (χ1) is 4.46. The summed E-state index contributed by atoms with van der Waals surface area (Å²) in [6.07, 6.45) is -3.73. The summed E-state index contributed by atoms with van der Waals surface area (Å²) in [5, 5.41) is 0. The van der Waals surface area contributed by atoms with Gasteiger partial charge in [0.2, 0.25) is 0 Å². The van der Waals surface area contributed by atoms with Crippen LogP contribution in [-0.4, -0.2) is 12.0 Å². The van der Waals surface area contributed by atoms with Crippen LogP contribution in [0.15, 0.2) is 12.3 Å². The number of nitrogens with two attached hydrogens (primary N) is 1. The van der Waals surface area contributed by atoms with Gasteiger partial charge in [-0.2, -0.15) is 17.6 Å². The topological polar surface area (TPSA) is 30.7 Å². The molecular weight excluding hydrogens is 152 g/mol. The maximum Gasteiger partial charge on any atom is 0.481 e. The van der Waals surface area contributed by atoms with Crippen molar-refractivity contribution in [2.24, 2.45) is 0 Å². The fourth-order valence-electron chi connectivity index (χ4n) is 0.514. The second-order valence-corrected chi connectivity index (χ2v) is 1.86. The maximum absolute atomic E-state index is 12.5. The lowest BCUT2D eigenvalue weighted by molar-refractivity contribution is -0.723. The molecule has 1 atom stereocenters. The van der Waals surface area contributed by atoms with Gasteiger partial charge in [-0.05, 0) is 0 Å². The predicted octanol–water partition coefficient (Wildman–Crippen LogP) is 0.594. The molecule has 0 bridgehead atoms. The number of nitrogens with zero attached hydrogens (tertiary/aromatic N) is 1. The van der Waals surface area contributed by atoms with Crippen molar-refractivity contribution in [3.8, 4) is 0 Å². The molecule has 10 heavy (non-hydrogen) atoms.